The minimum Gasteiger partial charge on any atom is -0.310 e. The van der Waals surface area contributed by atoms with Crippen molar-refractivity contribution in [2.24, 2.45) is 0 Å². The first-order chi connectivity index (χ1) is 12.6. The SMILES string of the molecule is CCOSc1c(C#N)nn(-c2c(Cl)cc(C(F)(F)F)cc2Cl)c1NC(C)=O. The Kier molecular flexibility index (Phi) is 6.64. The van der Waals surface area contributed by atoms with Crippen LogP contribution in [-0.4, -0.2) is 22.3 Å². The summed E-state index contributed by atoms with van der Waals surface area (Å²) in [5.74, 6) is -0.501. The van der Waals surface area contributed by atoms with Crippen LogP contribution in [0.2, 0.25) is 10.0 Å². The van der Waals surface area contributed by atoms with E-state index in [0.29, 0.717) is 18.7 Å². The van der Waals surface area contributed by atoms with E-state index in [1.54, 1.807) is 6.92 Å². The second-order valence-electron chi connectivity index (χ2n) is 5.01. The third-order valence-electron chi connectivity index (χ3n) is 3.06. The summed E-state index contributed by atoms with van der Waals surface area (Å²) in [5.41, 5.74) is -1.28. The van der Waals surface area contributed by atoms with Gasteiger partial charge in [-0.1, -0.05) is 23.2 Å². The number of hydrogen-bond acceptors (Lipinski definition) is 5. The molecule has 2 rings (SSSR count). The number of nitriles is 1. The van der Waals surface area contributed by atoms with Crippen LogP contribution in [0.5, 0.6) is 0 Å². The average Bonchev–Trinajstić information content (AvgIpc) is 2.88. The van der Waals surface area contributed by atoms with Gasteiger partial charge in [-0.25, -0.2) is 4.68 Å². The van der Waals surface area contributed by atoms with Crippen molar-refractivity contribution in [2.75, 3.05) is 11.9 Å². The molecule has 1 N–H and O–H groups in total. The Hall–Kier alpha value is -1.93. The standard InChI is InChI=1S/C15H11Cl2F3N4O2S/c1-3-26-27-13-11(6-21)23-24(14(13)22-7(2)25)12-9(16)4-8(5-10(12)17)15(18,19)20/h4-5H,3H2,1-2H3,(H,22,25). The fourth-order valence-corrected chi connectivity index (χ4v) is 3.31. The Labute approximate surface area is 166 Å². The molecule has 0 fully saturated rings. The van der Waals surface area contributed by atoms with Crippen LogP contribution in [0.4, 0.5) is 19.0 Å². The molecule has 144 valence electrons. The molecule has 27 heavy (non-hydrogen) atoms. The number of nitrogens with zero attached hydrogens (tertiary/aromatic N) is 3. The molecule has 0 aliphatic heterocycles. The molecule has 0 bridgehead atoms. The zero-order chi connectivity index (χ0) is 20.4. The summed E-state index contributed by atoms with van der Waals surface area (Å²) in [6, 6.07) is 3.20. The van der Waals surface area contributed by atoms with Gasteiger partial charge in [-0.05, 0) is 19.1 Å². The first-order valence-corrected chi connectivity index (χ1v) is 8.76. The largest absolute Gasteiger partial charge is 0.416 e. The highest BCUT2D eigenvalue weighted by Crippen LogP contribution is 2.40. The Morgan fingerprint density at radius 3 is 2.44 bits per heavy atom. The number of hydrogen-bond donors (Lipinski definition) is 1. The van der Waals surface area contributed by atoms with Gasteiger partial charge in [0.1, 0.15) is 16.7 Å². The summed E-state index contributed by atoms with van der Waals surface area (Å²) in [6.07, 6.45) is -4.65. The van der Waals surface area contributed by atoms with Crippen molar-refractivity contribution in [2.45, 2.75) is 24.9 Å². The van der Waals surface area contributed by atoms with Crippen LogP contribution in [0.25, 0.3) is 5.69 Å². The first kappa shape index (κ1) is 21.4. The number of rotatable bonds is 5. The van der Waals surface area contributed by atoms with Gasteiger partial charge < -0.3 is 9.50 Å². The van der Waals surface area contributed by atoms with E-state index in [4.69, 9.17) is 27.4 Å². The number of aromatic nitrogens is 2. The lowest BCUT2D eigenvalue weighted by molar-refractivity contribution is -0.137. The molecule has 0 unspecified atom stereocenters. The maximum Gasteiger partial charge on any atom is 0.416 e. The number of halogens is 5. The third kappa shape index (κ3) is 4.68. The van der Waals surface area contributed by atoms with Crippen molar-refractivity contribution in [1.29, 1.82) is 5.26 Å². The minimum atomic E-state index is -4.65. The van der Waals surface area contributed by atoms with Crippen LogP contribution >= 0.6 is 35.2 Å². The summed E-state index contributed by atoms with van der Waals surface area (Å²) < 4.78 is 45.0. The topological polar surface area (TPSA) is 79.9 Å². The molecule has 0 aliphatic rings. The molecule has 1 amide bonds. The molecule has 0 saturated heterocycles. The Balaban J connectivity index is 2.73. The van der Waals surface area contributed by atoms with E-state index in [1.807, 2.05) is 6.07 Å². The van der Waals surface area contributed by atoms with E-state index in [0.717, 1.165) is 16.7 Å². The number of carbonyl (C=O) groups excluding carboxylic acids is 1. The summed E-state index contributed by atoms with van der Waals surface area (Å²) in [4.78, 5) is 11.7. The Morgan fingerprint density at radius 2 is 2.00 bits per heavy atom. The second kappa shape index (κ2) is 8.39. The van der Waals surface area contributed by atoms with Gasteiger partial charge in [0.25, 0.3) is 0 Å². The molecule has 0 saturated carbocycles. The van der Waals surface area contributed by atoms with Crippen LogP contribution in [0.15, 0.2) is 17.0 Å². The highest BCUT2D eigenvalue weighted by atomic mass is 35.5. The molecule has 12 heteroatoms. The van der Waals surface area contributed by atoms with Crippen LogP contribution in [0, 0.1) is 11.3 Å². The molecule has 1 heterocycles. The van der Waals surface area contributed by atoms with E-state index in [2.05, 4.69) is 10.4 Å². The monoisotopic (exact) mass is 438 g/mol. The lowest BCUT2D eigenvalue weighted by Crippen LogP contribution is -2.13. The predicted molar refractivity (Wildman–Crippen MR) is 95.1 cm³/mol. The molecular weight excluding hydrogens is 428 g/mol. The first-order valence-electron chi connectivity index (χ1n) is 7.26. The second-order valence-corrected chi connectivity index (χ2v) is 6.63. The highest BCUT2D eigenvalue weighted by Gasteiger charge is 2.33. The van der Waals surface area contributed by atoms with Gasteiger partial charge in [0, 0.05) is 19.0 Å². The quantitative estimate of drug-likeness (QED) is 0.658. The zero-order valence-corrected chi connectivity index (χ0v) is 16.1. The van der Waals surface area contributed by atoms with Crippen molar-refractivity contribution in [3.8, 4) is 11.8 Å². The molecule has 2 aromatic rings. The number of carbonyl (C=O) groups is 1. The number of alkyl halides is 3. The Morgan fingerprint density at radius 1 is 1.41 bits per heavy atom. The van der Waals surface area contributed by atoms with E-state index in [9.17, 15) is 23.2 Å². The van der Waals surface area contributed by atoms with Crippen LogP contribution in [0.3, 0.4) is 0 Å². The lowest BCUT2D eigenvalue weighted by atomic mass is 10.2. The van der Waals surface area contributed by atoms with E-state index in [-0.39, 0.29) is 32.1 Å². The van der Waals surface area contributed by atoms with Gasteiger partial charge in [0.05, 0.1) is 22.2 Å². The van der Waals surface area contributed by atoms with Crippen LogP contribution < -0.4 is 5.32 Å². The highest BCUT2D eigenvalue weighted by molar-refractivity contribution is 7.94. The van der Waals surface area contributed by atoms with Crippen molar-refractivity contribution in [1.82, 2.24) is 9.78 Å². The summed E-state index contributed by atoms with van der Waals surface area (Å²) in [7, 11) is 0. The fourth-order valence-electron chi connectivity index (χ4n) is 2.04. The van der Waals surface area contributed by atoms with Gasteiger partial charge in [-0.3, -0.25) is 4.79 Å². The third-order valence-corrected chi connectivity index (χ3v) is 4.54. The molecule has 0 atom stereocenters. The Bertz CT molecular complexity index is 902. The summed E-state index contributed by atoms with van der Waals surface area (Å²) in [5, 5.41) is 15.1. The number of anilines is 1. The van der Waals surface area contributed by atoms with E-state index in [1.165, 1.54) is 6.92 Å². The molecule has 0 spiro atoms. The van der Waals surface area contributed by atoms with Crippen LogP contribution in [0.1, 0.15) is 25.1 Å². The minimum absolute atomic E-state index is 0.000980. The van der Waals surface area contributed by atoms with Gasteiger partial charge in [0.2, 0.25) is 5.91 Å². The van der Waals surface area contributed by atoms with Gasteiger partial charge in [-0.2, -0.15) is 23.5 Å². The molecule has 1 aromatic carbocycles. The fraction of sp³-hybridized carbons (Fsp3) is 0.267. The normalized spacial score (nSPS) is 11.3. The van der Waals surface area contributed by atoms with Crippen molar-refractivity contribution < 1.29 is 22.1 Å². The maximum atomic E-state index is 12.9. The number of amides is 1. The molecule has 0 radical (unpaired) electrons. The average molecular weight is 439 g/mol. The zero-order valence-electron chi connectivity index (χ0n) is 13.8. The maximum absolute atomic E-state index is 12.9. The predicted octanol–water partition coefficient (Wildman–Crippen LogP) is 5.07. The lowest BCUT2D eigenvalue weighted by Gasteiger charge is -2.14. The van der Waals surface area contributed by atoms with Gasteiger partial charge >= 0.3 is 6.18 Å². The van der Waals surface area contributed by atoms with E-state index < -0.39 is 17.6 Å². The molecule has 6 nitrogen and oxygen atoms in total. The molecular formula is C15H11Cl2F3N4O2S. The van der Waals surface area contributed by atoms with Crippen LogP contribution in [-0.2, 0) is 15.2 Å². The molecule has 1 aromatic heterocycles. The van der Waals surface area contributed by atoms with Crippen molar-refractivity contribution in [3.05, 3.63) is 33.4 Å². The molecule has 0 aliphatic carbocycles. The van der Waals surface area contributed by atoms with E-state index >= 15 is 0 Å². The summed E-state index contributed by atoms with van der Waals surface area (Å²) in [6.45, 7) is 3.22. The van der Waals surface area contributed by atoms with Crippen molar-refractivity contribution in [3.63, 3.8) is 0 Å². The number of nitrogens with one attached hydrogen (secondary N) is 1. The van der Waals surface area contributed by atoms with Gasteiger partial charge in [-0.15, -0.1) is 0 Å². The van der Waals surface area contributed by atoms with Gasteiger partial charge in [0.15, 0.2) is 11.5 Å². The van der Waals surface area contributed by atoms with Crippen molar-refractivity contribution >= 4 is 47.0 Å². The smallest absolute Gasteiger partial charge is 0.310 e. The number of benzene rings is 1. The summed E-state index contributed by atoms with van der Waals surface area (Å²) >= 11 is 12.8.